The first-order valence-electron chi connectivity index (χ1n) is 4.48. The molecule has 1 aromatic heterocycles. The van der Waals surface area contributed by atoms with E-state index in [1.165, 1.54) is 7.11 Å². The van der Waals surface area contributed by atoms with Crippen molar-refractivity contribution in [2.75, 3.05) is 7.11 Å². The molecule has 4 nitrogen and oxygen atoms in total. The summed E-state index contributed by atoms with van der Waals surface area (Å²) in [6, 6.07) is 3.29. The van der Waals surface area contributed by atoms with E-state index in [0.717, 1.165) is 0 Å². The normalized spacial score (nSPS) is 12.5. The molecule has 0 aromatic carbocycles. The molecule has 0 aliphatic heterocycles. The average molecular weight is 198 g/mol. The fourth-order valence-electron chi connectivity index (χ4n) is 1.07. The van der Waals surface area contributed by atoms with E-state index in [1.807, 2.05) is 0 Å². The Bertz CT molecular complexity index is 301. The lowest BCUT2D eigenvalue weighted by atomic mass is 10.2. The maximum Gasteiger partial charge on any atom is 0.373 e. The van der Waals surface area contributed by atoms with Gasteiger partial charge in [0, 0.05) is 6.42 Å². The van der Waals surface area contributed by atoms with Crippen molar-refractivity contribution in [2.24, 2.45) is 0 Å². The number of hydrogen-bond donors (Lipinski definition) is 1. The van der Waals surface area contributed by atoms with Gasteiger partial charge >= 0.3 is 5.97 Å². The Morgan fingerprint density at radius 1 is 1.64 bits per heavy atom. The Labute approximate surface area is 82.5 Å². The first-order chi connectivity index (χ1) is 6.63. The van der Waals surface area contributed by atoms with Crippen LogP contribution in [0.2, 0.25) is 0 Å². The van der Waals surface area contributed by atoms with E-state index < -0.39 is 5.97 Å². The van der Waals surface area contributed by atoms with E-state index in [9.17, 15) is 4.79 Å². The molecule has 0 saturated carbocycles. The Balaban J connectivity index is 2.55. The van der Waals surface area contributed by atoms with Crippen LogP contribution in [0.15, 0.2) is 16.5 Å². The van der Waals surface area contributed by atoms with E-state index in [-0.39, 0.29) is 11.9 Å². The van der Waals surface area contributed by atoms with Crippen LogP contribution in [0.5, 0.6) is 0 Å². The quantitative estimate of drug-likeness (QED) is 0.742. The molecule has 14 heavy (non-hydrogen) atoms. The summed E-state index contributed by atoms with van der Waals surface area (Å²) in [5, 5.41) is 9.04. The predicted molar refractivity (Wildman–Crippen MR) is 50.0 cm³/mol. The summed E-state index contributed by atoms with van der Waals surface area (Å²) in [4.78, 5) is 11.0. The van der Waals surface area contributed by atoms with Gasteiger partial charge in [0.15, 0.2) is 0 Å². The molecular formula is C10H14O4. The molecule has 1 N–H and O–H groups in total. The van der Waals surface area contributed by atoms with Gasteiger partial charge < -0.3 is 14.3 Å². The minimum absolute atomic E-state index is 0.202. The number of furan rings is 1. The second kappa shape index (κ2) is 4.81. The van der Waals surface area contributed by atoms with Crippen LogP contribution in [0.3, 0.4) is 0 Å². The molecule has 0 aliphatic rings. The van der Waals surface area contributed by atoms with Crippen LogP contribution in [-0.2, 0) is 11.2 Å². The fraction of sp³-hybridized carbons (Fsp3) is 0.500. The first kappa shape index (κ1) is 10.8. The molecular weight excluding hydrogens is 184 g/mol. The van der Waals surface area contributed by atoms with Gasteiger partial charge in [-0.3, -0.25) is 0 Å². The molecule has 1 aromatic rings. The highest BCUT2D eigenvalue weighted by Gasteiger charge is 2.11. The highest BCUT2D eigenvalue weighted by Crippen LogP contribution is 2.11. The molecule has 4 heteroatoms. The zero-order valence-electron chi connectivity index (χ0n) is 8.32. The van der Waals surface area contributed by atoms with Gasteiger partial charge in [0.1, 0.15) is 5.76 Å². The Morgan fingerprint density at radius 2 is 2.36 bits per heavy atom. The number of methoxy groups -OCH3 is 1. The molecule has 0 aliphatic carbocycles. The van der Waals surface area contributed by atoms with Gasteiger partial charge in [-0.15, -0.1) is 0 Å². The maximum absolute atomic E-state index is 11.0. The standard InChI is InChI=1S/C10H14O4/c1-7(11)3-4-8-5-6-9(14-8)10(12)13-2/h5-7,11H,3-4H2,1-2H3/t7-/m1/s1. The van der Waals surface area contributed by atoms with Crippen molar-refractivity contribution >= 4 is 5.97 Å². The fourth-order valence-corrected chi connectivity index (χ4v) is 1.07. The lowest BCUT2D eigenvalue weighted by molar-refractivity contribution is 0.0563. The Morgan fingerprint density at radius 3 is 2.93 bits per heavy atom. The predicted octanol–water partition coefficient (Wildman–Crippen LogP) is 1.38. The number of aryl methyl sites for hydroxylation is 1. The summed E-state index contributed by atoms with van der Waals surface area (Å²) in [5.41, 5.74) is 0. The van der Waals surface area contributed by atoms with Crippen LogP contribution in [0.25, 0.3) is 0 Å². The van der Waals surface area contributed by atoms with E-state index in [2.05, 4.69) is 4.74 Å². The number of rotatable bonds is 4. The van der Waals surface area contributed by atoms with Crippen LogP contribution < -0.4 is 0 Å². The lowest BCUT2D eigenvalue weighted by Crippen LogP contribution is -2.01. The van der Waals surface area contributed by atoms with Gasteiger partial charge in [-0.05, 0) is 25.5 Å². The van der Waals surface area contributed by atoms with E-state index in [1.54, 1.807) is 19.1 Å². The average Bonchev–Trinajstić information content (AvgIpc) is 2.62. The topological polar surface area (TPSA) is 59.7 Å². The number of carbonyl (C=O) groups is 1. The highest BCUT2D eigenvalue weighted by atomic mass is 16.5. The lowest BCUT2D eigenvalue weighted by Gasteiger charge is -2.00. The van der Waals surface area contributed by atoms with Crippen molar-refractivity contribution in [1.29, 1.82) is 0 Å². The van der Waals surface area contributed by atoms with Crippen molar-refractivity contribution in [2.45, 2.75) is 25.9 Å². The van der Waals surface area contributed by atoms with Crippen molar-refractivity contribution in [1.82, 2.24) is 0 Å². The molecule has 1 rings (SSSR count). The molecule has 0 saturated heterocycles. The summed E-state index contributed by atoms with van der Waals surface area (Å²) in [7, 11) is 1.31. The summed E-state index contributed by atoms with van der Waals surface area (Å²) >= 11 is 0. The van der Waals surface area contributed by atoms with Crippen LogP contribution in [-0.4, -0.2) is 24.3 Å². The zero-order chi connectivity index (χ0) is 10.6. The smallest absolute Gasteiger partial charge is 0.373 e. The van der Waals surface area contributed by atoms with Crippen molar-refractivity contribution in [3.05, 3.63) is 23.7 Å². The van der Waals surface area contributed by atoms with Crippen LogP contribution in [0.4, 0.5) is 0 Å². The van der Waals surface area contributed by atoms with Gasteiger partial charge in [-0.25, -0.2) is 4.79 Å². The van der Waals surface area contributed by atoms with Crippen LogP contribution in [0.1, 0.15) is 29.7 Å². The molecule has 0 fully saturated rings. The van der Waals surface area contributed by atoms with Crippen molar-refractivity contribution in [3.8, 4) is 0 Å². The van der Waals surface area contributed by atoms with E-state index >= 15 is 0 Å². The molecule has 1 atom stereocenters. The third-order valence-electron chi connectivity index (χ3n) is 1.86. The molecule has 78 valence electrons. The first-order valence-corrected chi connectivity index (χ1v) is 4.48. The van der Waals surface area contributed by atoms with Gasteiger partial charge in [0.05, 0.1) is 13.2 Å². The van der Waals surface area contributed by atoms with Gasteiger partial charge in [0.2, 0.25) is 5.76 Å². The number of hydrogen-bond acceptors (Lipinski definition) is 4. The number of aliphatic hydroxyl groups excluding tert-OH is 1. The molecule has 0 amide bonds. The minimum Gasteiger partial charge on any atom is -0.463 e. The number of carbonyl (C=O) groups excluding carboxylic acids is 1. The zero-order valence-corrected chi connectivity index (χ0v) is 8.32. The molecule has 0 bridgehead atoms. The van der Waals surface area contributed by atoms with Crippen LogP contribution in [0, 0.1) is 0 Å². The van der Waals surface area contributed by atoms with Gasteiger partial charge in [-0.1, -0.05) is 0 Å². The molecule has 0 unspecified atom stereocenters. The number of esters is 1. The summed E-state index contributed by atoms with van der Waals surface area (Å²) in [6.07, 6.45) is 0.879. The van der Waals surface area contributed by atoms with Crippen LogP contribution >= 0.6 is 0 Å². The largest absolute Gasteiger partial charge is 0.463 e. The van der Waals surface area contributed by atoms with Crippen molar-refractivity contribution < 1.29 is 19.1 Å². The number of ether oxygens (including phenoxy) is 1. The summed E-state index contributed by atoms with van der Waals surface area (Å²) in [6.45, 7) is 1.71. The second-order valence-electron chi connectivity index (χ2n) is 3.15. The number of aliphatic hydroxyl groups is 1. The SMILES string of the molecule is COC(=O)c1ccc(CC[C@@H](C)O)o1. The van der Waals surface area contributed by atoms with E-state index in [4.69, 9.17) is 9.52 Å². The Hall–Kier alpha value is -1.29. The summed E-state index contributed by atoms with van der Waals surface area (Å²) in [5.74, 6) is 0.410. The third kappa shape index (κ3) is 2.88. The third-order valence-corrected chi connectivity index (χ3v) is 1.86. The van der Waals surface area contributed by atoms with Gasteiger partial charge in [0.25, 0.3) is 0 Å². The monoisotopic (exact) mass is 198 g/mol. The minimum atomic E-state index is -0.478. The van der Waals surface area contributed by atoms with Gasteiger partial charge in [-0.2, -0.15) is 0 Å². The molecule has 0 spiro atoms. The molecule has 1 heterocycles. The highest BCUT2D eigenvalue weighted by molar-refractivity contribution is 5.86. The second-order valence-corrected chi connectivity index (χ2v) is 3.15. The van der Waals surface area contributed by atoms with E-state index in [0.29, 0.717) is 18.6 Å². The Kier molecular flexibility index (Phi) is 3.71. The maximum atomic E-state index is 11.0. The summed E-state index contributed by atoms with van der Waals surface area (Å²) < 4.78 is 9.69. The van der Waals surface area contributed by atoms with Crippen molar-refractivity contribution in [3.63, 3.8) is 0 Å². The molecule has 0 radical (unpaired) electrons.